The van der Waals surface area contributed by atoms with Crippen LogP contribution in [0, 0.1) is 6.92 Å². The topological polar surface area (TPSA) is 46.2 Å². The van der Waals surface area contributed by atoms with E-state index in [0.717, 1.165) is 5.56 Å². The predicted molar refractivity (Wildman–Crippen MR) is 83.9 cm³/mol. The Morgan fingerprint density at radius 1 is 1.00 bits per heavy atom. The summed E-state index contributed by atoms with van der Waals surface area (Å²) in [7, 11) is -3.47. The fourth-order valence-electron chi connectivity index (χ4n) is 1.75. The summed E-state index contributed by atoms with van der Waals surface area (Å²) in [5.74, 6) is -0.105. The number of sulfonamides is 1. The van der Waals surface area contributed by atoms with Gasteiger partial charge in [0.15, 0.2) is 0 Å². The lowest BCUT2D eigenvalue weighted by molar-refractivity contribution is 0.600. The molecule has 0 aliphatic rings. The van der Waals surface area contributed by atoms with Crippen LogP contribution >= 0.6 is 23.2 Å². The maximum absolute atomic E-state index is 12.1. The first-order chi connectivity index (χ1) is 9.35. The lowest BCUT2D eigenvalue weighted by Gasteiger charge is -2.11. The molecule has 0 aromatic heterocycles. The van der Waals surface area contributed by atoms with Crippen molar-refractivity contribution in [2.45, 2.75) is 12.7 Å². The van der Waals surface area contributed by atoms with Crippen LogP contribution in [0.15, 0.2) is 42.5 Å². The second kappa shape index (κ2) is 6.04. The normalized spacial score (nSPS) is 11.3. The quantitative estimate of drug-likeness (QED) is 0.911. The molecule has 3 nitrogen and oxygen atoms in total. The van der Waals surface area contributed by atoms with Crippen molar-refractivity contribution in [3.8, 4) is 0 Å². The Labute approximate surface area is 128 Å². The smallest absolute Gasteiger partial charge is 0.236 e. The zero-order valence-electron chi connectivity index (χ0n) is 10.7. The third-order valence-corrected chi connectivity index (χ3v) is 4.46. The van der Waals surface area contributed by atoms with Crippen LogP contribution in [0.1, 0.15) is 11.1 Å². The molecular weight excluding hydrogens is 317 g/mol. The second-order valence-corrected chi connectivity index (χ2v) is 7.04. The summed E-state index contributed by atoms with van der Waals surface area (Å²) >= 11 is 11.6. The van der Waals surface area contributed by atoms with E-state index in [1.807, 2.05) is 0 Å². The molecule has 0 fully saturated rings. The highest BCUT2D eigenvalue weighted by Crippen LogP contribution is 2.21. The predicted octanol–water partition coefficient (Wildman–Crippen LogP) is 4.24. The van der Waals surface area contributed by atoms with Crippen molar-refractivity contribution in [2.24, 2.45) is 0 Å². The summed E-state index contributed by atoms with van der Waals surface area (Å²) < 4.78 is 26.8. The van der Waals surface area contributed by atoms with Crippen LogP contribution in [0.2, 0.25) is 10.0 Å². The van der Waals surface area contributed by atoms with E-state index in [2.05, 4.69) is 4.72 Å². The van der Waals surface area contributed by atoms with Gasteiger partial charge in [-0.3, -0.25) is 4.72 Å². The van der Waals surface area contributed by atoms with Gasteiger partial charge in [0.25, 0.3) is 0 Å². The van der Waals surface area contributed by atoms with Gasteiger partial charge in [-0.25, -0.2) is 8.42 Å². The van der Waals surface area contributed by atoms with Gasteiger partial charge in [0.1, 0.15) is 0 Å². The number of halogens is 2. The highest BCUT2D eigenvalue weighted by atomic mass is 35.5. The number of hydrogen-bond acceptors (Lipinski definition) is 2. The van der Waals surface area contributed by atoms with Gasteiger partial charge >= 0.3 is 0 Å². The molecule has 0 spiro atoms. The first-order valence-corrected chi connectivity index (χ1v) is 8.28. The van der Waals surface area contributed by atoms with E-state index in [0.29, 0.717) is 21.3 Å². The summed E-state index contributed by atoms with van der Waals surface area (Å²) in [6, 6.07) is 11.7. The van der Waals surface area contributed by atoms with Crippen LogP contribution in [0.25, 0.3) is 0 Å². The summed E-state index contributed by atoms with van der Waals surface area (Å²) in [6.45, 7) is 1.80. The van der Waals surface area contributed by atoms with Gasteiger partial charge in [-0.15, -0.1) is 0 Å². The lowest BCUT2D eigenvalue weighted by atomic mass is 10.2. The van der Waals surface area contributed by atoms with E-state index in [1.165, 1.54) is 0 Å². The molecular formula is C14H13Cl2NO2S. The third-order valence-electron chi connectivity index (χ3n) is 2.72. The molecule has 0 saturated heterocycles. The molecule has 2 rings (SSSR count). The highest BCUT2D eigenvalue weighted by Gasteiger charge is 2.13. The van der Waals surface area contributed by atoms with Crippen LogP contribution < -0.4 is 4.72 Å². The van der Waals surface area contributed by atoms with Crippen molar-refractivity contribution in [3.63, 3.8) is 0 Å². The third kappa shape index (κ3) is 4.13. The largest absolute Gasteiger partial charge is 0.283 e. The molecule has 1 N–H and O–H groups in total. The average Bonchev–Trinajstić information content (AvgIpc) is 2.35. The van der Waals surface area contributed by atoms with E-state index >= 15 is 0 Å². The van der Waals surface area contributed by atoms with Crippen molar-refractivity contribution in [2.75, 3.05) is 4.72 Å². The molecule has 0 amide bonds. The molecule has 6 heteroatoms. The Morgan fingerprint density at radius 2 is 1.60 bits per heavy atom. The number of nitrogens with one attached hydrogen (secondary N) is 1. The highest BCUT2D eigenvalue weighted by molar-refractivity contribution is 7.91. The van der Waals surface area contributed by atoms with Crippen molar-refractivity contribution in [1.29, 1.82) is 0 Å². The van der Waals surface area contributed by atoms with Crippen LogP contribution in [0.3, 0.4) is 0 Å². The zero-order chi connectivity index (χ0) is 14.8. The minimum absolute atomic E-state index is 0.105. The Bertz CT molecular complexity index is 712. The average molecular weight is 330 g/mol. The van der Waals surface area contributed by atoms with E-state index < -0.39 is 10.0 Å². The van der Waals surface area contributed by atoms with E-state index in [1.54, 1.807) is 49.4 Å². The van der Waals surface area contributed by atoms with Crippen LogP contribution in [0.5, 0.6) is 0 Å². The monoisotopic (exact) mass is 329 g/mol. The first-order valence-electron chi connectivity index (χ1n) is 5.87. The number of rotatable bonds is 4. The molecule has 0 saturated carbocycles. The van der Waals surface area contributed by atoms with Gasteiger partial charge in [0.2, 0.25) is 10.0 Å². The molecule has 0 aliphatic heterocycles. The Balaban J connectivity index is 2.17. The Hall–Kier alpha value is -1.23. The molecule has 0 radical (unpaired) electrons. The van der Waals surface area contributed by atoms with Gasteiger partial charge in [0, 0.05) is 10.0 Å². The minimum Gasteiger partial charge on any atom is -0.283 e. The Morgan fingerprint density at radius 3 is 2.20 bits per heavy atom. The molecule has 20 heavy (non-hydrogen) atoms. The standard InChI is InChI=1S/C14H13Cl2NO2S/c1-10-8-13(16)6-7-14(10)17-20(18,19)9-11-2-4-12(15)5-3-11/h2-8,17H,9H2,1H3. The fraction of sp³-hybridized carbons (Fsp3) is 0.143. The van der Waals surface area contributed by atoms with E-state index in [4.69, 9.17) is 23.2 Å². The number of anilines is 1. The van der Waals surface area contributed by atoms with Crippen molar-refractivity contribution >= 4 is 38.9 Å². The molecule has 2 aromatic rings. The minimum atomic E-state index is -3.47. The molecule has 2 aromatic carbocycles. The van der Waals surface area contributed by atoms with E-state index in [9.17, 15) is 8.42 Å². The molecule has 0 atom stereocenters. The summed E-state index contributed by atoms with van der Waals surface area (Å²) in [5, 5.41) is 1.15. The van der Waals surface area contributed by atoms with Gasteiger partial charge in [0.05, 0.1) is 11.4 Å². The molecule has 0 heterocycles. The summed E-state index contributed by atoms with van der Waals surface area (Å²) in [5.41, 5.74) is 1.98. The fourth-order valence-corrected chi connectivity index (χ4v) is 3.37. The number of aryl methyl sites for hydroxylation is 1. The van der Waals surface area contributed by atoms with Crippen LogP contribution in [-0.2, 0) is 15.8 Å². The second-order valence-electron chi connectivity index (χ2n) is 4.45. The van der Waals surface area contributed by atoms with Crippen molar-refractivity contribution in [3.05, 3.63) is 63.6 Å². The maximum atomic E-state index is 12.1. The first kappa shape index (κ1) is 15.2. The molecule has 0 unspecified atom stereocenters. The van der Waals surface area contributed by atoms with Gasteiger partial charge in [-0.2, -0.15) is 0 Å². The summed E-state index contributed by atoms with van der Waals surface area (Å²) in [4.78, 5) is 0. The van der Waals surface area contributed by atoms with Gasteiger partial charge in [-0.1, -0.05) is 35.3 Å². The van der Waals surface area contributed by atoms with E-state index in [-0.39, 0.29) is 5.75 Å². The lowest BCUT2D eigenvalue weighted by Crippen LogP contribution is -2.15. The summed E-state index contributed by atoms with van der Waals surface area (Å²) in [6.07, 6.45) is 0. The van der Waals surface area contributed by atoms with Gasteiger partial charge < -0.3 is 0 Å². The van der Waals surface area contributed by atoms with Crippen LogP contribution in [0.4, 0.5) is 5.69 Å². The number of hydrogen-bond donors (Lipinski definition) is 1. The molecule has 0 aliphatic carbocycles. The number of benzene rings is 2. The van der Waals surface area contributed by atoms with Crippen LogP contribution in [-0.4, -0.2) is 8.42 Å². The SMILES string of the molecule is Cc1cc(Cl)ccc1NS(=O)(=O)Cc1ccc(Cl)cc1. The molecule has 0 bridgehead atoms. The van der Waals surface area contributed by atoms with Gasteiger partial charge in [-0.05, 0) is 48.4 Å². The zero-order valence-corrected chi connectivity index (χ0v) is 13.1. The maximum Gasteiger partial charge on any atom is 0.236 e. The van der Waals surface area contributed by atoms with Crippen molar-refractivity contribution in [1.82, 2.24) is 0 Å². The molecule has 106 valence electrons. The van der Waals surface area contributed by atoms with Crippen molar-refractivity contribution < 1.29 is 8.42 Å². The Kier molecular flexibility index (Phi) is 4.58.